The second-order valence-corrected chi connectivity index (χ2v) is 7.95. The van der Waals surface area contributed by atoms with Crippen LogP contribution in [0.25, 0.3) is 4.96 Å². The molecule has 5 rings (SSSR count). The molecule has 9 nitrogen and oxygen atoms in total. The standard InChI is InChI=1S/C19H15N5O4S/c25-15-4-3-13(16(26)22-15)24-8-10-1-2-11(7-12(10)18(24)28)21-17(27)14-9-23-6-5-20-19(23)29-14/h1-2,5-7,9,13H,3-4,8H2,(H,21,27)(H,22,25,26). The number of anilines is 1. The van der Waals surface area contributed by atoms with Crippen LogP contribution in [0, 0.1) is 0 Å². The molecule has 2 aliphatic heterocycles. The summed E-state index contributed by atoms with van der Waals surface area (Å²) >= 11 is 1.27. The minimum Gasteiger partial charge on any atom is -0.322 e. The van der Waals surface area contributed by atoms with Gasteiger partial charge in [-0.15, -0.1) is 0 Å². The number of imidazole rings is 1. The first-order chi connectivity index (χ1) is 14.0. The van der Waals surface area contributed by atoms with Gasteiger partial charge in [0.2, 0.25) is 11.8 Å². The summed E-state index contributed by atoms with van der Waals surface area (Å²) in [5.74, 6) is -1.33. The molecule has 4 heterocycles. The molecule has 2 aliphatic rings. The van der Waals surface area contributed by atoms with Gasteiger partial charge in [-0.05, 0) is 24.1 Å². The number of hydrogen-bond donors (Lipinski definition) is 2. The number of amides is 4. The number of thiazole rings is 1. The van der Waals surface area contributed by atoms with E-state index in [9.17, 15) is 19.2 Å². The van der Waals surface area contributed by atoms with Gasteiger partial charge in [-0.1, -0.05) is 17.4 Å². The third-order valence-corrected chi connectivity index (χ3v) is 6.11. The SMILES string of the molecule is O=C1CCC(N2Cc3ccc(NC(=O)c4cn5ccnc5s4)cc3C2=O)C(=O)N1. The average molecular weight is 409 g/mol. The minimum absolute atomic E-state index is 0.210. The van der Waals surface area contributed by atoms with E-state index in [1.54, 1.807) is 41.2 Å². The average Bonchev–Trinajstić information content (AvgIpc) is 3.36. The van der Waals surface area contributed by atoms with E-state index in [-0.39, 0.29) is 24.1 Å². The Kier molecular flexibility index (Phi) is 3.95. The minimum atomic E-state index is -0.659. The van der Waals surface area contributed by atoms with E-state index in [0.29, 0.717) is 29.1 Å². The Hall–Kier alpha value is -3.53. The van der Waals surface area contributed by atoms with Gasteiger partial charge in [-0.25, -0.2) is 4.98 Å². The quantitative estimate of drug-likeness (QED) is 0.635. The summed E-state index contributed by atoms with van der Waals surface area (Å²) in [6.45, 7) is 0.302. The van der Waals surface area contributed by atoms with Gasteiger partial charge in [0.25, 0.3) is 11.8 Å². The molecule has 29 heavy (non-hydrogen) atoms. The monoisotopic (exact) mass is 409 g/mol. The zero-order chi connectivity index (χ0) is 20.1. The van der Waals surface area contributed by atoms with Gasteiger partial charge in [-0.2, -0.15) is 0 Å². The Bertz CT molecular complexity index is 1170. The van der Waals surface area contributed by atoms with Crippen molar-refractivity contribution in [1.29, 1.82) is 0 Å². The van der Waals surface area contributed by atoms with E-state index >= 15 is 0 Å². The van der Waals surface area contributed by atoms with Crippen molar-refractivity contribution in [2.24, 2.45) is 0 Å². The van der Waals surface area contributed by atoms with Gasteiger partial charge in [0, 0.05) is 42.8 Å². The molecule has 3 aromatic rings. The lowest BCUT2D eigenvalue weighted by Crippen LogP contribution is -2.52. The maximum absolute atomic E-state index is 12.9. The predicted molar refractivity (Wildman–Crippen MR) is 104 cm³/mol. The van der Waals surface area contributed by atoms with Crippen LogP contribution >= 0.6 is 11.3 Å². The molecule has 1 atom stereocenters. The first kappa shape index (κ1) is 17.6. The number of hydrogen-bond acceptors (Lipinski definition) is 6. The maximum atomic E-state index is 12.9. The summed E-state index contributed by atoms with van der Waals surface area (Å²) < 4.78 is 1.77. The number of rotatable bonds is 3. The first-order valence-electron chi connectivity index (χ1n) is 9.01. The largest absolute Gasteiger partial charge is 0.322 e. The summed E-state index contributed by atoms with van der Waals surface area (Å²) in [6.07, 6.45) is 5.65. The molecule has 4 amide bonds. The number of imide groups is 1. The van der Waals surface area contributed by atoms with Crippen LogP contribution < -0.4 is 10.6 Å². The lowest BCUT2D eigenvalue weighted by molar-refractivity contribution is -0.136. The Morgan fingerprint density at radius 2 is 2.14 bits per heavy atom. The normalized spacial score (nSPS) is 18.8. The Morgan fingerprint density at radius 3 is 2.93 bits per heavy atom. The molecular formula is C19H15N5O4S. The molecule has 2 N–H and O–H groups in total. The van der Waals surface area contributed by atoms with E-state index in [1.807, 2.05) is 0 Å². The highest BCUT2D eigenvalue weighted by Crippen LogP contribution is 2.29. The number of nitrogens with one attached hydrogen (secondary N) is 2. The van der Waals surface area contributed by atoms with Crippen molar-refractivity contribution in [2.75, 3.05) is 5.32 Å². The van der Waals surface area contributed by atoms with E-state index in [4.69, 9.17) is 0 Å². The number of nitrogens with zero attached hydrogens (tertiary/aromatic N) is 3. The number of piperidine rings is 1. The number of carbonyl (C=O) groups is 4. The van der Waals surface area contributed by atoms with Crippen molar-refractivity contribution in [3.63, 3.8) is 0 Å². The van der Waals surface area contributed by atoms with Crippen LogP contribution in [0.4, 0.5) is 5.69 Å². The fourth-order valence-electron chi connectivity index (χ4n) is 3.66. The van der Waals surface area contributed by atoms with E-state index in [1.165, 1.54) is 16.2 Å². The first-order valence-corrected chi connectivity index (χ1v) is 9.83. The third kappa shape index (κ3) is 2.97. The van der Waals surface area contributed by atoms with Crippen LogP contribution in [-0.4, -0.2) is 44.0 Å². The lowest BCUT2D eigenvalue weighted by Gasteiger charge is -2.29. The number of fused-ring (bicyclic) bond motifs is 2. The molecule has 0 aliphatic carbocycles. The zero-order valence-electron chi connectivity index (χ0n) is 15.0. The fourth-order valence-corrected chi connectivity index (χ4v) is 4.50. The molecule has 1 unspecified atom stereocenters. The van der Waals surface area contributed by atoms with Gasteiger partial charge < -0.3 is 10.2 Å². The van der Waals surface area contributed by atoms with Gasteiger partial charge >= 0.3 is 0 Å². The highest BCUT2D eigenvalue weighted by molar-refractivity contribution is 7.18. The molecule has 0 spiro atoms. The summed E-state index contributed by atoms with van der Waals surface area (Å²) in [4.78, 5) is 55.7. The highest BCUT2D eigenvalue weighted by atomic mass is 32.1. The van der Waals surface area contributed by atoms with E-state index in [2.05, 4.69) is 15.6 Å². The van der Waals surface area contributed by atoms with E-state index < -0.39 is 11.9 Å². The molecule has 146 valence electrons. The number of aromatic nitrogens is 2. The molecule has 0 saturated carbocycles. The van der Waals surface area contributed by atoms with Crippen molar-refractivity contribution in [3.05, 3.63) is 52.8 Å². The van der Waals surface area contributed by atoms with Crippen LogP contribution in [0.5, 0.6) is 0 Å². The molecular weight excluding hydrogens is 394 g/mol. The fraction of sp³-hybridized carbons (Fsp3) is 0.211. The van der Waals surface area contributed by atoms with Crippen LogP contribution in [0.3, 0.4) is 0 Å². The molecule has 1 saturated heterocycles. The number of carbonyl (C=O) groups excluding carboxylic acids is 4. The lowest BCUT2D eigenvalue weighted by atomic mass is 10.0. The Morgan fingerprint density at radius 1 is 1.28 bits per heavy atom. The molecule has 10 heteroatoms. The number of benzene rings is 1. The van der Waals surface area contributed by atoms with Crippen molar-refractivity contribution in [3.8, 4) is 0 Å². The molecule has 0 bridgehead atoms. The molecule has 2 aromatic heterocycles. The van der Waals surface area contributed by atoms with Crippen LogP contribution in [0.1, 0.15) is 38.4 Å². The van der Waals surface area contributed by atoms with Crippen LogP contribution in [0.2, 0.25) is 0 Å². The zero-order valence-corrected chi connectivity index (χ0v) is 15.9. The van der Waals surface area contributed by atoms with Gasteiger partial charge in [0.15, 0.2) is 4.96 Å². The molecule has 0 radical (unpaired) electrons. The second kappa shape index (κ2) is 6.52. The summed E-state index contributed by atoms with van der Waals surface area (Å²) in [6, 6.07) is 4.47. The van der Waals surface area contributed by atoms with Crippen molar-refractivity contribution in [1.82, 2.24) is 19.6 Å². The van der Waals surface area contributed by atoms with Crippen molar-refractivity contribution < 1.29 is 19.2 Å². The van der Waals surface area contributed by atoms with E-state index in [0.717, 1.165) is 10.5 Å². The predicted octanol–water partition coefficient (Wildman–Crippen LogP) is 1.41. The van der Waals surface area contributed by atoms with Crippen molar-refractivity contribution in [2.45, 2.75) is 25.4 Å². The summed E-state index contributed by atoms with van der Waals surface area (Å²) in [5.41, 5.74) is 1.74. The van der Waals surface area contributed by atoms with Gasteiger partial charge in [-0.3, -0.25) is 28.9 Å². The third-order valence-electron chi connectivity index (χ3n) is 5.10. The maximum Gasteiger partial charge on any atom is 0.267 e. The van der Waals surface area contributed by atoms with Crippen molar-refractivity contribution >= 4 is 45.6 Å². The second-order valence-electron chi connectivity index (χ2n) is 6.94. The smallest absolute Gasteiger partial charge is 0.267 e. The Balaban J connectivity index is 1.34. The highest BCUT2D eigenvalue weighted by Gasteiger charge is 2.39. The van der Waals surface area contributed by atoms with Gasteiger partial charge in [0.05, 0.1) is 0 Å². The molecule has 1 fully saturated rings. The van der Waals surface area contributed by atoms with Crippen LogP contribution in [-0.2, 0) is 16.1 Å². The summed E-state index contributed by atoms with van der Waals surface area (Å²) in [7, 11) is 0. The van der Waals surface area contributed by atoms with Gasteiger partial charge in [0.1, 0.15) is 10.9 Å². The topological polar surface area (TPSA) is 113 Å². The Labute approximate surface area is 168 Å². The summed E-state index contributed by atoms with van der Waals surface area (Å²) in [5, 5.41) is 5.09. The van der Waals surface area contributed by atoms with Crippen LogP contribution in [0.15, 0.2) is 36.8 Å². The molecule has 1 aromatic carbocycles.